The third-order valence-corrected chi connectivity index (χ3v) is 4.31. The van der Waals surface area contributed by atoms with Crippen LogP contribution in [-0.4, -0.2) is 61.2 Å². The van der Waals surface area contributed by atoms with E-state index in [2.05, 4.69) is 20.0 Å². The van der Waals surface area contributed by atoms with E-state index in [1.54, 1.807) is 20.2 Å². The van der Waals surface area contributed by atoms with Gasteiger partial charge in [0, 0.05) is 45.5 Å². The number of aromatic amines is 2. The molecule has 0 saturated carbocycles. The zero-order valence-electron chi connectivity index (χ0n) is 14.7. The molecule has 10 heteroatoms. The SMILES string of the molecule is CN(C)C(=O)C[C@@H](O)c1cc2n(n1)CCN(Cc1cc(=O)[nH]c(=O)[nH]1)C2. The fourth-order valence-electron chi connectivity index (χ4n) is 2.94. The summed E-state index contributed by atoms with van der Waals surface area (Å²) in [6.07, 6.45) is -0.957. The average molecular weight is 362 g/mol. The van der Waals surface area contributed by atoms with E-state index in [-0.39, 0.29) is 12.3 Å². The van der Waals surface area contributed by atoms with Gasteiger partial charge in [-0.05, 0) is 6.07 Å². The van der Waals surface area contributed by atoms with Crippen molar-refractivity contribution in [3.05, 3.63) is 50.1 Å². The topological polar surface area (TPSA) is 127 Å². The first kappa shape index (κ1) is 18.1. The van der Waals surface area contributed by atoms with E-state index in [4.69, 9.17) is 0 Å². The van der Waals surface area contributed by atoms with Gasteiger partial charge in [0.25, 0.3) is 5.56 Å². The number of hydrogen-bond donors (Lipinski definition) is 3. The molecule has 1 atom stereocenters. The third kappa shape index (κ3) is 4.09. The maximum atomic E-state index is 11.7. The monoisotopic (exact) mass is 362 g/mol. The summed E-state index contributed by atoms with van der Waals surface area (Å²) in [7, 11) is 3.29. The van der Waals surface area contributed by atoms with E-state index in [0.29, 0.717) is 37.6 Å². The Morgan fingerprint density at radius 1 is 1.31 bits per heavy atom. The van der Waals surface area contributed by atoms with Crippen LogP contribution in [0.25, 0.3) is 0 Å². The van der Waals surface area contributed by atoms with Gasteiger partial charge in [-0.3, -0.25) is 24.2 Å². The van der Waals surface area contributed by atoms with E-state index in [9.17, 15) is 19.5 Å². The van der Waals surface area contributed by atoms with Crippen molar-refractivity contribution >= 4 is 5.91 Å². The average Bonchev–Trinajstić information content (AvgIpc) is 2.97. The predicted octanol–water partition coefficient (Wildman–Crippen LogP) is -1.21. The van der Waals surface area contributed by atoms with Crippen molar-refractivity contribution in [1.82, 2.24) is 29.5 Å². The number of carbonyl (C=O) groups excluding carboxylic acids is 1. The molecule has 0 aromatic carbocycles. The van der Waals surface area contributed by atoms with Crippen LogP contribution in [0.3, 0.4) is 0 Å². The molecule has 3 rings (SSSR count). The Labute approximate surface area is 149 Å². The minimum atomic E-state index is -0.944. The third-order valence-electron chi connectivity index (χ3n) is 4.31. The lowest BCUT2D eigenvalue weighted by molar-refractivity contribution is -0.130. The molecule has 140 valence electrons. The van der Waals surface area contributed by atoms with Crippen molar-refractivity contribution in [2.75, 3.05) is 20.6 Å². The van der Waals surface area contributed by atoms with Gasteiger partial charge in [-0.25, -0.2) is 4.79 Å². The Kier molecular flexibility index (Phi) is 5.05. The van der Waals surface area contributed by atoms with Gasteiger partial charge in [-0.1, -0.05) is 0 Å². The number of aromatic nitrogens is 4. The minimum absolute atomic E-state index is 0.0127. The number of nitrogens with one attached hydrogen (secondary N) is 2. The van der Waals surface area contributed by atoms with Crippen molar-refractivity contribution in [1.29, 1.82) is 0 Å². The second-order valence-corrected chi connectivity index (χ2v) is 6.62. The molecule has 10 nitrogen and oxygen atoms in total. The van der Waals surface area contributed by atoms with Crippen molar-refractivity contribution < 1.29 is 9.90 Å². The molecule has 0 aliphatic carbocycles. The van der Waals surface area contributed by atoms with Crippen LogP contribution in [0.15, 0.2) is 21.7 Å². The highest BCUT2D eigenvalue weighted by Gasteiger charge is 2.23. The standard InChI is InChI=1S/C16H22N6O4/c1-20(2)15(25)7-13(23)12-6-11-9-21(3-4-22(11)19-12)8-10-5-14(24)18-16(26)17-10/h5-6,13,23H,3-4,7-9H2,1-2H3,(H2,17,18,24,26)/t13-/m1/s1. The van der Waals surface area contributed by atoms with Crippen LogP contribution >= 0.6 is 0 Å². The van der Waals surface area contributed by atoms with Crippen molar-refractivity contribution in [3.8, 4) is 0 Å². The summed E-state index contributed by atoms with van der Waals surface area (Å²) in [4.78, 5) is 42.8. The summed E-state index contributed by atoms with van der Waals surface area (Å²) in [6.45, 7) is 2.31. The zero-order chi connectivity index (χ0) is 18.8. The summed E-state index contributed by atoms with van der Waals surface area (Å²) >= 11 is 0. The van der Waals surface area contributed by atoms with Crippen LogP contribution in [0.5, 0.6) is 0 Å². The molecule has 26 heavy (non-hydrogen) atoms. The smallest absolute Gasteiger partial charge is 0.325 e. The molecule has 0 spiro atoms. The highest BCUT2D eigenvalue weighted by atomic mass is 16.3. The van der Waals surface area contributed by atoms with Gasteiger partial charge >= 0.3 is 5.69 Å². The Morgan fingerprint density at radius 2 is 2.08 bits per heavy atom. The van der Waals surface area contributed by atoms with E-state index >= 15 is 0 Å². The van der Waals surface area contributed by atoms with Crippen molar-refractivity contribution in [2.45, 2.75) is 32.2 Å². The lowest BCUT2D eigenvalue weighted by Gasteiger charge is -2.27. The quantitative estimate of drug-likeness (QED) is 0.612. The maximum Gasteiger partial charge on any atom is 0.325 e. The molecule has 3 N–H and O–H groups in total. The largest absolute Gasteiger partial charge is 0.386 e. The highest BCUT2D eigenvalue weighted by molar-refractivity contribution is 5.76. The Morgan fingerprint density at radius 3 is 2.77 bits per heavy atom. The van der Waals surface area contributed by atoms with Gasteiger partial charge in [0.05, 0.1) is 24.4 Å². The molecule has 1 amide bonds. The highest BCUT2D eigenvalue weighted by Crippen LogP contribution is 2.21. The summed E-state index contributed by atoms with van der Waals surface area (Å²) in [5.41, 5.74) is 0.979. The van der Waals surface area contributed by atoms with Gasteiger partial charge in [0.2, 0.25) is 5.91 Å². The summed E-state index contributed by atoms with van der Waals surface area (Å²) in [5, 5.41) is 14.6. The second-order valence-electron chi connectivity index (χ2n) is 6.62. The predicted molar refractivity (Wildman–Crippen MR) is 92.3 cm³/mol. The van der Waals surface area contributed by atoms with E-state index < -0.39 is 17.4 Å². The van der Waals surface area contributed by atoms with Crippen LogP contribution in [-0.2, 0) is 24.4 Å². The lowest BCUT2D eigenvalue weighted by Crippen LogP contribution is -2.35. The molecule has 0 saturated heterocycles. The summed E-state index contributed by atoms with van der Waals surface area (Å²) < 4.78 is 1.82. The Hall–Kier alpha value is -2.72. The number of aliphatic hydroxyl groups excluding tert-OH is 1. The first-order valence-electron chi connectivity index (χ1n) is 8.31. The van der Waals surface area contributed by atoms with Crippen LogP contribution in [0.1, 0.15) is 29.6 Å². The molecule has 0 bridgehead atoms. The molecule has 1 aliphatic heterocycles. The normalized spacial score (nSPS) is 15.5. The Balaban J connectivity index is 1.69. The molecule has 0 radical (unpaired) electrons. The number of amides is 1. The van der Waals surface area contributed by atoms with Crippen molar-refractivity contribution in [3.63, 3.8) is 0 Å². The van der Waals surface area contributed by atoms with Gasteiger partial charge in [-0.2, -0.15) is 5.10 Å². The van der Waals surface area contributed by atoms with Gasteiger partial charge in [-0.15, -0.1) is 0 Å². The van der Waals surface area contributed by atoms with Gasteiger partial charge < -0.3 is 15.0 Å². The van der Waals surface area contributed by atoms with Crippen LogP contribution in [0, 0.1) is 0 Å². The molecule has 2 aromatic heterocycles. The maximum absolute atomic E-state index is 11.7. The first-order valence-corrected chi connectivity index (χ1v) is 8.31. The molecule has 0 fully saturated rings. The van der Waals surface area contributed by atoms with Crippen LogP contribution in [0.2, 0.25) is 0 Å². The van der Waals surface area contributed by atoms with Gasteiger partial charge in [0.1, 0.15) is 6.10 Å². The molecule has 1 aliphatic rings. The fourth-order valence-corrected chi connectivity index (χ4v) is 2.94. The lowest BCUT2D eigenvalue weighted by atomic mass is 10.1. The van der Waals surface area contributed by atoms with E-state index in [1.165, 1.54) is 11.0 Å². The molecule has 2 aromatic rings. The number of H-pyrrole nitrogens is 2. The molecule has 0 unspecified atom stereocenters. The number of hydrogen-bond acceptors (Lipinski definition) is 6. The first-order chi connectivity index (χ1) is 12.3. The number of fused-ring (bicyclic) bond motifs is 1. The number of nitrogens with zero attached hydrogens (tertiary/aromatic N) is 4. The summed E-state index contributed by atoms with van der Waals surface area (Å²) in [6, 6.07) is 3.16. The molecule has 3 heterocycles. The van der Waals surface area contributed by atoms with Crippen LogP contribution in [0.4, 0.5) is 0 Å². The number of aliphatic hydroxyl groups is 1. The summed E-state index contributed by atoms with van der Waals surface area (Å²) in [5.74, 6) is -0.164. The van der Waals surface area contributed by atoms with E-state index in [0.717, 1.165) is 5.69 Å². The second kappa shape index (κ2) is 7.26. The van der Waals surface area contributed by atoms with E-state index in [1.807, 2.05) is 4.68 Å². The van der Waals surface area contributed by atoms with Crippen molar-refractivity contribution in [2.24, 2.45) is 0 Å². The number of rotatable bonds is 5. The number of carbonyl (C=O) groups is 1. The fraction of sp³-hybridized carbons (Fsp3) is 0.500. The molecular weight excluding hydrogens is 340 g/mol. The molecular formula is C16H22N6O4. The minimum Gasteiger partial charge on any atom is -0.386 e. The van der Waals surface area contributed by atoms with Crippen LogP contribution < -0.4 is 11.2 Å². The van der Waals surface area contributed by atoms with Gasteiger partial charge in [0.15, 0.2) is 0 Å². The Bertz CT molecular complexity index is 884. The zero-order valence-corrected chi connectivity index (χ0v) is 14.7.